The normalized spacial score (nSPS) is 15.9. The maximum absolute atomic E-state index is 14.2. The number of hydrogen-bond acceptors (Lipinski definition) is 3. The van der Waals surface area contributed by atoms with E-state index in [0.717, 1.165) is 11.0 Å². The number of aryl methyl sites for hydroxylation is 1. The monoisotopic (exact) mass is 490 g/mol. The standard InChI is InChI=1S/C24H22ClF3N4O2/c1-15-29-9-10-31(15)14-21(33)32(18-6-4-5-16(26)11-18)22(19-7-2-3-8-20(19)25)23(34)30-17-12-24(27,28)13-17/h2-11,17,22H,12-14H2,1H3,(H,30,34). The van der Waals surface area contributed by atoms with Crippen LogP contribution in [0.2, 0.25) is 5.02 Å². The van der Waals surface area contributed by atoms with Crippen LogP contribution in [0.4, 0.5) is 18.9 Å². The Kier molecular flexibility index (Phi) is 6.65. The van der Waals surface area contributed by atoms with Crippen molar-refractivity contribution in [2.75, 3.05) is 4.90 Å². The van der Waals surface area contributed by atoms with Gasteiger partial charge in [0.1, 0.15) is 24.2 Å². The maximum Gasteiger partial charge on any atom is 0.252 e. The summed E-state index contributed by atoms with van der Waals surface area (Å²) in [6.45, 7) is 1.53. The van der Waals surface area contributed by atoms with Crippen molar-refractivity contribution in [1.82, 2.24) is 14.9 Å². The number of halogens is 4. The third-order valence-electron chi connectivity index (χ3n) is 5.73. The lowest BCUT2D eigenvalue weighted by Gasteiger charge is -2.38. The van der Waals surface area contributed by atoms with E-state index in [4.69, 9.17) is 11.6 Å². The Morgan fingerprint density at radius 3 is 2.59 bits per heavy atom. The van der Waals surface area contributed by atoms with Gasteiger partial charge in [0.05, 0.1) is 0 Å². The molecule has 0 saturated heterocycles. The number of hydrogen-bond donors (Lipinski definition) is 1. The molecule has 1 saturated carbocycles. The lowest BCUT2D eigenvalue weighted by atomic mass is 9.87. The van der Waals surface area contributed by atoms with Gasteiger partial charge in [-0.15, -0.1) is 0 Å². The van der Waals surface area contributed by atoms with Crippen LogP contribution in [0.3, 0.4) is 0 Å². The number of anilines is 1. The zero-order chi connectivity index (χ0) is 24.5. The summed E-state index contributed by atoms with van der Waals surface area (Å²) in [6, 6.07) is 9.64. The SMILES string of the molecule is Cc1nccn1CC(=O)N(c1cccc(F)c1)C(C(=O)NC1CC(F)(F)C1)c1ccccc1Cl. The molecule has 2 amide bonds. The molecule has 0 aliphatic heterocycles. The molecule has 1 atom stereocenters. The molecule has 4 rings (SSSR count). The first kappa shape index (κ1) is 23.8. The van der Waals surface area contributed by atoms with Crippen LogP contribution in [-0.2, 0) is 16.1 Å². The second-order valence-corrected chi connectivity index (χ2v) is 8.65. The van der Waals surface area contributed by atoms with Crippen LogP contribution in [0.5, 0.6) is 0 Å². The Bertz CT molecular complexity index is 1210. The van der Waals surface area contributed by atoms with Gasteiger partial charge in [-0.1, -0.05) is 35.9 Å². The van der Waals surface area contributed by atoms with Gasteiger partial charge in [-0.05, 0) is 31.2 Å². The van der Waals surface area contributed by atoms with Gasteiger partial charge < -0.3 is 9.88 Å². The molecule has 1 N–H and O–H groups in total. The molecule has 0 bridgehead atoms. The predicted octanol–water partition coefficient (Wildman–Crippen LogP) is 4.67. The summed E-state index contributed by atoms with van der Waals surface area (Å²) < 4.78 is 42.5. The van der Waals surface area contributed by atoms with Gasteiger partial charge in [0, 0.05) is 47.6 Å². The molecule has 1 aliphatic rings. The highest BCUT2D eigenvalue weighted by Gasteiger charge is 2.47. The van der Waals surface area contributed by atoms with Crippen molar-refractivity contribution in [3.8, 4) is 0 Å². The molecule has 10 heteroatoms. The first-order chi connectivity index (χ1) is 16.1. The molecule has 3 aromatic rings. The smallest absolute Gasteiger partial charge is 0.252 e. The highest BCUT2D eigenvalue weighted by molar-refractivity contribution is 6.31. The van der Waals surface area contributed by atoms with Crippen molar-refractivity contribution in [3.63, 3.8) is 0 Å². The number of imidazole rings is 1. The number of alkyl halides is 2. The van der Waals surface area contributed by atoms with Gasteiger partial charge in [0.15, 0.2) is 0 Å². The first-order valence-corrected chi connectivity index (χ1v) is 11.0. The van der Waals surface area contributed by atoms with E-state index in [1.165, 1.54) is 24.4 Å². The molecule has 34 heavy (non-hydrogen) atoms. The number of benzene rings is 2. The summed E-state index contributed by atoms with van der Waals surface area (Å²) in [7, 11) is 0. The van der Waals surface area contributed by atoms with Crippen molar-refractivity contribution < 1.29 is 22.8 Å². The van der Waals surface area contributed by atoms with E-state index in [1.54, 1.807) is 42.0 Å². The fourth-order valence-electron chi connectivity index (χ4n) is 3.99. The molecule has 1 heterocycles. The zero-order valence-corrected chi connectivity index (χ0v) is 19.0. The number of carbonyl (C=O) groups is 2. The van der Waals surface area contributed by atoms with E-state index >= 15 is 0 Å². The number of nitrogens with one attached hydrogen (secondary N) is 1. The second kappa shape index (κ2) is 9.50. The highest BCUT2D eigenvalue weighted by atomic mass is 35.5. The van der Waals surface area contributed by atoms with Crippen LogP contribution < -0.4 is 10.2 Å². The van der Waals surface area contributed by atoms with Crippen LogP contribution >= 0.6 is 11.6 Å². The Morgan fingerprint density at radius 2 is 1.97 bits per heavy atom. The minimum atomic E-state index is -2.84. The quantitative estimate of drug-likeness (QED) is 0.523. The number of amides is 2. The average Bonchev–Trinajstić information content (AvgIpc) is 3.15. The van der Waals surface area contributed by atoms with E-state index in [2.05, 4.69) is 10.3 Å². The van der Waals surface area contributed by atoms with E-state index in [9.17, 15) is 22.8 Å². The minimum Gasteiger partial charge on any atom is -0.351 e. The van der Waals surface area contributed by atoms with Crippen molar-refractivity contribution >= 4 is 29.1 Å². The van der Waals surface area contributed by atoms with Crippen molar-refractivity contribution in [2.45, 2.75) is 44.3 Å². The summed E-state index contributed by atoms with van der Waals surface area (Å²) >= 11 is 6.40. The van der Waals surface area contributed by atoms with Crippen LogP contribution in [-0.4, -0.2) is 33.3 Å². The van der Waals surface area contributed by atoms with Crippen molar-refractivity contribution in [1.29, 1.82) is 0 Å². The molecular formula is C24H22ClF3N4O2. The average molecular weight is 491 g/mol. The molecular weight excluding hydrogens is 469 g/mol. The highest BCUT2D eigenvalue weighted by Crippen LogP contribution is 2.39. The summed E-state index contributed by atoms with van der Waals surface area (Å²) in [6.07, 6.45) is 2.16. The second-order valence-electron chi connectivity index (χ2n) is 8.24. The van der Waals surface area contributed by atoms with Crippen LogP contribution in [0.25, 0.3) is 0 Å². The summed E-state index contributed by atoms with van der Waals surface area (Å²) in [4.78, 5) is 32.3. The predicted molar refractivity (Wildman–Crippen MR) is 121 cm³/mol. The van der Waals surface area contributed by atoms with Gasteiger partial charge >= 0.3 is 0 Å². The van der Waals surface area contributed by atoms with Crippen LogP contribution in [0, 0.1) is 12.7 Å². The van der Waals surface area contributed by atoms with Gasteiger partial charge in [-0.3, -0.25) is 14.5 Å². The first-order valence-electron chi connectivity index (χ1n) is 10.6. The topological polar surface area (TPSA) is 67.2 Å². The molecule has 1 unspecified atom stereocenters. The van der Waals surface area contributed by atoms with Gasteiger partial charge in [0.2, 0.25) is 11.8 Å². The third-order valence-corrected chi connectivity index (χ3v) is 6.07. The summed E-state index contributed by atoms with van der Waals surface area (Å²) in [5.74, 6) is -4.09. The lowest BCUT2D eigenvalue weighted by Crippen LogP contribution is -2.54. The largest absolute Gasteiger partial charge is 0.351 e. The Balaban J connectivity index is 1.76. The zero-order valence-electron chi connectivity index (χ0n) is 18.2. The molecule has 1 aromatic heterocycles. The number of nitrogens with zero attached hydrogens (tertiary/aromatic N) is 3. The van der Waals surface area contributed by atoms with Gasteiger partial charge in [-0.25, -0.2) is 18.2 Å². The maximum atomic E-state index is 14.2. The van der Waals surface area contributed by atoms with E-state index in [-0.39, 0.29) is 22.8 Å². The molecule has 2 aromatic carbocycles. The molecule has 0 radical (unpaired) electrons. The Labute approximate surface area is 199 Å². The number of rotatable bonds is 7. The van der Waals surface area contributed by atoms with E-state index < -0.39 is 48.5 Å². The van der Waals surface area contributed by atoms with Crippen molar-refractivity contribution in [3.05, 3.63) is 83.2 Å². The van der Waals surface area contributed by atoms with Crippen molar-refractivity contribution in [2.24, 2.45) is 0 Å². The van der Waals surface area contributed by atoms with Gasteiger partial charge in [0.25, 0.3) is 5.92 Å². The number of aromatic nitrogens is 2. The third kappa shape index (κ3) is 5.09. The molecule has 6 nitrogen and oxygen atoms in total. The van der Waals surface area contributed by atoms with Crippen LogP contribution in [0.1, 0.15) is 30.3 Å². The summed E-state index contributed by atoms with van der Waals surface area (Å²) in [5, 5.41) is 2.81. The Hall–Kier alpha value is -3.33. The molecule has 0 spiro atoms. The van der Waals surface area contributed by atoms with E-state index in [0.29, 0.717) is 5.82 Å². The molecule has 1 fully saturated rings. The molecule has 178 valence electrons. The minimum absolute atomic E-state index is 0.127. The van der Waals surface area contributed by atoms with E-state index in [1.807, 2.05) is 0 Å². The fourth-order valence-corrected chi connectivity index (χ4v) is 4.23. The summed E-state index contributed by atoms with van der Waals surface area (Å²) in [5.41, 5.74) is 0.412. The molecule has 1 aliphatic carbocycles. The fraction of sp³-hybridized carbons (Fsp3) is 0.292. The van der Waals surface area contributed by atoms with Crippen LogP contribution in [0.15, 0.2) is 60.9 Å². The number of carbonyl (C=O) groups excluding carboxylic acids is 2. The van der Waals surface area contributed by atoms with Gasteiger partial charge in [-0.2, -0.15) is 0 Å². The lowest BCUT2D eigenvalue weighted by molar-refractivity contribution is -0.132. The Morgan fingerprint density at radius 1 is 1.24 bits per heavy atom.